The second kappa shape index (κ2) is 8.57. The first-order chi connectivity index (χ1) is 19.3. The Balaban J connectivity index is 1.35. The van der Waals surface area contributed by atoms with Crippen LogP contribution in [0.2, 0.25) is 0 Å². The van der Waals surface area contributed by atoms with Gasteiger partial charge in [-0.2, -0.15) is 0 Å². The van der Waals surface area contributed by atoms with Gasteiger partial charge in [0.1, 0.15) is 5.52 Å². The highest BCUT2D eigenvalue weighted by molar-refractivity contribution is 6.10. The van der Waals surface area contributed by atoms with E-state index in [2.05, 4.69) is 81.9 Å². The van der Waals surface area contributed by atoms with Gasteiger partial charge < -0.3 is 13.6 Å². The lowest BCUT2D eigenvalue weighted by atomic mass is 10.1. The third kappa shape index (κ3) is 3.48. The molecule has 39 heavy (non-hydrogen) atoms. The zero-order valence-electron chi connectivity index (χ0n) is 20.9. The number of pyridine rings is 1. The lowest BCUT2D eigenvalue weighted by molar-refractivity contribution is 0.620. The number of hydrogen-bond donors (Lipinski definition) is 0. The Morgan fingerprint density at radius 2 is 1.46 bits per heavy atom. The van der Waals surface area contributed by atoms with E-state index in [9.17, 15) is 0 Å². The van der Waals surface area contributed by atoms with Gasteiger partial charge >= 0.3 is 0 Å². The van der Waals surface area contributed by atoms with Gasteiger partial charge in [-0.15, -0.1) is 0 Å². The van der Waals surface area contributed by atoms with E-state index in [1.165, 1.54) is 10.8 Å². The molecule has 0 aliphatic heterocycles. The van der Waals surface area contributed by atoms with E-state index < -0.39 is 0 Å². The van der Waals surface area contributed by atoms with Crippen LogP contribution >= 0.6 is 0 Å². The summed E-state index contributed by atoms with van der Waals surface area (Å²) >= 11 is 0. The third-order valence-electron chi connectivity index (χ3n) is 7.26. The molecule has 184 valence electrons. The minimum atomic E-state index is 0.619. The average Bonchev–Trinajstić information content (AvgIpc) is 3.75. The van der Waals surface area contributed by atoms with Crippen molar-refractivity contribution >= 4 is 32.9 Å². The third-order valence-corrected chi connectivity index (χ3v) is 7.26. The molecule has 0 bridgehead atoms. The van der Waals surface area contributed by atoms with Gasteiger partial charge in [0.2, 0.25) is 5.89 Å². The smallest absolute Gasteiger partial charge is 0.227 e. The summed E-state index contributed by atoms with van der Waals surface area (Å²) in [6, 6.07) is 39.6. The molecule has 0 radical (unpaired) electrons. The molecule has 5 nitrogen and oxygen atoms in total. The van der Waals surface area contributed by atoms with Crippen molar-refractivity contribution in [2.45, 2.75) is 0 Å². The summed E-state index contributed by atoms with van der Waals surface area (Å²) in [5.74, 6) is 0.619. The van der Waals surface area contributed by atoms with E-state index in [0.29, 0.717) is 5.89 Å². The Morgan fingerprint density at radius 3 is 2.38 bits per heavy atom. The summed E-state index contributed by atoms with van der Waals surface area (Å²) in [4.78, 5) is 9.52. The quantitative estimate of drug-likeness (QED) is 0.243. The van der Waals surface area contributed by atoms with Crippen molar-refractivity contribution < 1.29 is 4.42 Å². The van der Waals surface area contributed by atoms with Crippen LogP contribution in [0.25, 0.3) is 67.0 Å². The maximum Gasteiger partial charge on any atom is 0.227 e. The van der Waals surface area contributed by atoms with Crippen molar-refractivity contribution in [3.8, 4) is 34.1 Å². The topological polar surface area (TPSA) is 48.8 Å². The predicted octanol–water partition coefficient (Wildman–Crippen LogP) is 8.44. The molecule has 0 amide bonds. The Labute approximate surface area is 224 Å². The highest BCUT2D eigenvalue weighted by Crippen LogP contribution is 2.36. The Bertz CT molecular complexity index is 2100. The zero-order chi connectivity index (χ0) is 25.8. The molecule has 0 fully saturated rings. The molecule has 4 aromatic heterocycles. The van der Waals surface area contributed by atoms with Crippen LogP contribution in [-0.2, 0) is 0 Å². The lowest BCUT2D eigenvalue weighted by Gasteiger charge is -2.13. The largest absolute Gasteiger partial charge is 0.436 e. The fraction of sp³-hybridized carbons (Fsp3) is 0. The summed E-state index contributed by atoms with van der Waals surface area (Å²) in [5, 5.41) is 2.38. The van der Waals surface area contributed by atoms with Crippen LogP contribution in [0.5, 0.6) is 0 Å². The van der Waals surface area contributed by atoms with E-state index in [1.807, 2.05) is 61.1 Å². The fourth-order valence-corrected chi connectivity index (χ4v) is 5.49. The highest BCUT2D eigenvalue weighted by Gasteiger charge is 2.16. The maximum absolute atomic E-state index is 6.12. The Hall–Kier alpha value is -5.42. The second-order valence-electron chi connectivity index (χ2n) is 9.58. The number of fused-ring (bicyclic) bond motifs is 4. The predicted molar refractivity (Wildman–Crippen MR) is 156 cm³/mol. The van der Waals surface area contributed by atoms with Crippen LogP contribution in [0.4, 0.5) is 0 Å². The molecule has 8 rings (SSSR count). The Morgan fingerprint density at radius 1 is 0.615 bits per heavy atom. The van der Waals surface area contributed by atoms with Crippen LogP contribution in [-0.4, -0.2) is 19.1 Å². The summed E-state index contributed by atoms with van der Waals surface area (Å²) in [5.41, 5.74) is 8.92. The molecule has 0 spiro atoms. The molecule has 8 aromatic rings. The molecule has 0 aliphatic rings. The molecule has 5 heteroatoms. The summed E-state index contributed by atoms with van der Waals surface area (Å²) in [7, 11) is 0. The van der Waals surface area contributed by atoms with Gasteiger partial charge in [0.25, 0.3) is 0 Å². The minimum Gasteiger partial charge on any atom is -0.436 e. The van der Waals surface area contributed by atoms with Crippen molar-refractivity contribution in [2.75, 3.05) is 0 Å². The number of oxazole rings is 1. The van der Waals surface area contributed by atoms with E-state index in [1.54, 1.807) is 0 Å². The molecule has 0 atom stereocenters. The molecule has 0 N–H and O–H groups in total. The van der Waals surface area contributed by atoms with Crippen molar-refractivity contribution in [2.24, 2.45) is 0 Å². The van der Waals surface area contributed by atoms with E-state index in [4.69, 9.17) is 14.4 Å². The van der Waals surface area contributed by atoms with Crippen LogP contribution in [0, 0.1) is 0 Å². The number of hydrogen-bond acceptors (Lipinski definition) is 3. The van der Waals surface area contributed by atoms with Gasteiger partial charge in [-0.3, -0.25) is 4.98 Å². The van der Waals surface area contributed by atoms with E-state index in [-0.39, 0.29) is 0 Å². The van der Waals surface area contributed by atoms with Crippen molar-refractivity contribution in [3.63, 3.8) is 0 Å². The number of benzene rings is 4. The van der Waals surface area contributed by atoms with Gasteiger partial charge in [0.05, 0.1) is 22.4 Å². The van der Waals surface area contributed by atoms with Gasteiger partial charge in [-0.1, -0.05) is 48.5 Å². The second-order valence-corrected chi connectivity index (χ2v) is 9.58. The number of para-hydroxylation sites is 3. The molecular weight excluding hydrogens is 480 g/mol. The molecule has 4 aromatic carbocycles. The van der Waals surface area contributed by atoms with Crippen molar-refractivity contribution in [3.05, 3.63) is 134 Å². The maximum atomic E-state index is 6.12. The summed E-state index contributed by atoms with van der Waals surface area (Å²) < 4.78 is 10.5. The van der Waals surface area contributed by atoms with Crippen LogP contribution in [0.3, 0.4) is 0 Å². The first-order valence-corrected chi connectivity index (χ1v) is 12.9. The molecule has 0 unspecified atom stereocenters. The first-order valence-electron chi connectivity index (χ1n) is 12.9. The van der Waals surface area contributed by atoms with Crippen molar-refractivity contribution in [1.29, 1.82) is 0 Å². The molecule has 0 saturated heterocycles. The SMILES string of the molecule is c1cc(-c2ncccc2-n2cccc2)cc(-n2c3ccccc3c3ccc(-c4nc5ccccc5o4)cc32)c1. The van der Waals surface area contributed by atoms with Gasteiger partial charge in [-0.05, 0) is 66.7 Å². The van der Waals surface area contributed by atoms with Crippen LogP contribution < -0.4 is 0 Å². The molecular formula is C34H22N4O. The molecule has 4 heterocycles. The van der Waals surface area contributed by atoms with Gasteiger partial charge in [0.15, 0.2) is 5.58 Å². The average molecular weight is 503 g/mol. The first kappa shape index (κ1) is 21.6. The van der Waals surface area contributed by atoms with Gasteiger partial charge in [0, 0.05) is 46.2 Å². The van der Waals surface area contributed by atoms with E-state index in [0.717, 1.165) is 50.3 Å². The van der Waals surface area contributed by atoms with Gasteiger partial charge in [-0.25, -0.2) is 4.98 Å². The number of rotatable bonds is 4. The zero-order valence-corrected chi connectivity index (χ0v) is 20.9. The van der Waals surface area contributed by atoms with Crippen LogP contribution in [0.15, 0.2) is 138 Å². The molecule has 0 aliphatic carbocycles. The summed E-state index contributed by atoms with van der Waals surface area (Å²) in [6.07, 6.45) is 5.94. The Kier molecular flexibility index (Phi) is 4.76. The standard InChI is InChI=1S/C34H22N4O/c1-3-13-29-26(11-1)27-17-16-24(34-36-28-12-2-4-15-32(28)39-34)22-31(27)38(29)25-10-7-9-23(21-25)33-30(14-8-18-35-33)37-19-5-6-20-37/h1-22H. The highest BCUT2D eigenvalue weighted by atomic mass is 16.3. The minimum absolute atomic E-state index is 0.619. The number of nitrogens with zero attached hydrogens (tertiary/aromatic N) is 4. The monoisotopic (exact) mass is 502 g/mol. The normalized spacial score (nSPS) is 11.6. The fourth-order valence-electron chi connectivity index (χ4n) is 5.49. The number of aromatic nitrogens is 4. The van der Waals surface area contributed by atoms with Crippen LogP contribution in [0.1, 0.15) is 0 Å². The van der Waals surface area contributed by atoms with Crippen molar-refractivity contribution in [1.82, 2.24) is 19.1 Å². The summed E-state index contributed by atoms with van der Waals surface area (Å²) in [6.45, 7) is 0. The lowest BCUT2D eigenvalue weighted by Crippen LogP contribution is -1.98. The molecule has 0 saturated carbocycles. The van der Waals surface area contributed by atoms with E-state index >= 15 is 0 Å².